The van der Waals surface area contributed by atoms with Gasteiger partial charge in [0.25, 0.3) is 0 Å². The van der Waals surface area contributed by atoms with Gasteiger partial charge in [-0.25, -0.2) is 4.31 Å². The van der Waals surface area contributed by atoms with Crippen LogP contribution in [0.5, 0.6) is 0 Å². The Kier molecular flexibility index (Phi) is 8.17. The van der Waals surface area contributed by atoms with Crippen LogP contribution < -0.4 is 0 Å². The fourth-order valence-corrected chi connectivity index (χ4v) is 1.98. The second-order valence-electron chi connectivity index (χ2n) is 2.17. The molecule has 0 N–H and O–H groups in total. The van der Waals surface area contributed by atoms with Gasteiger partial charge in [-0.05, 0) is 12.8 Å². The van der Waals surface area contributed by atoms with E-state index in [0.29, 0.717) is 5.21 Å². The fourth-order valence-electron chi connectivity index (χ4n) is 0.809. The van der Waals surface area contributed by atoms with Crippen molar-refractivity contribution < 1.29 is 0 Å². The van der Waals surface area contributed by atoms with Gasteiger partial charge in [-0.1, -0.05) is 25.8 Å². The average molecular weight is 182 g/mol. The third-order valence-electron chi connectivity index (χ3n) is 1.18. The SMILES string of the molecule is CCCN(CCC)SCCl. The summed E-state index contributed by atoms with van der Waals surface area (Å²) in [5, 5.41) is 0.681. The second-order valence-corrected chi connectivity index (χ2v) is 3.81. The Bertz CT molecular complexity index is 56.4. The zero-order valence-electron chi connectivity index (χ0n) is 6.77. The van der Waals surface area contributed by atoms with Gasteiger partial charge in [-0.2, -0.15) is 0 Å². The summed E-state index contributed by atoms with van der Waals surface area (Å²) in [5.41, 5.74) is 0. The molecule has 10 heavy (non-hydrogen) atoms. The van der Waals surface area contributed by atoms with Crippen LogP contribution in [0, 0.1) is 0 Å². The molecular formula is C7H16ClNS. The first-order valence-electron chi connectivity index (χ1n) is 3.79. The molecule has 0 aromatic rings. The third kappa shape index (κ3) is 5.39. The Hall–Kier alpha value is 0.600. The number of hydrogen-bond acceptors (Lipinski definition) is 2. The Labute approximate surface area is 73.3 Å². The lowest BCUT2D eigenvalue weighted by Crippen LogP contribution is -2.17. The van der Waals surface area contributed by atoms with Crippen molar-refractivity contribution in [1.29, 1.82) is 0 Å². The maximum Gasteiger partial charge on any atom is 0.0827 e. The molecule has 0 saturated heterocycles. The Balaban J connectivity index is 3.30. The van der Waals surface area contributed by atoms with E-state index in [9.17, 15) is 0 Å². The molecule has 1 nitrogen and oxygen atoms in total. The third-order valence-corrected chi connectivity index (χ3v) is 2.30. The molecule has 0 aromatic heterocycles. The van der Waals surface area contributed by atoms with Crippen molar-refractivity contribution in [2.75, 3.05) is 18.3 Å². The zero-order valence-corrected chi connectivity index (χ0v) is 8.34. The van der Waals surface area contributed by atoms with E-state index in [2.05, 4.69) is 18.2 Å². The Morgan fingerprint density at radius 3 is 2.00 bits per heavy atom. The molecule has 3 heteroatoms. The minimum atomic E-state index is 0.681. The standard InChI is InChI=1S/C7H16ClNS/c1-3-5-9(6-4-2)10-7-8/h3-7H2,1-2H3. The highest BCUT2D eigenvalue weighted by molar-refractivity contribution is 7.98. The highest BCUT2D eigenvalue weighted by atomic mass is 35.5. The molecule has 0 unspecified atom stereocenters. The van der Waals surface area contributed by atoms with Crippen molar-refractivity contribution in [2.24, 2.45) is 0 Å². The minimum Gasteiger partial charge on any atom is -0.250 e. The molecule has 62 valence electrons. The molecule has 0 amide bonds. The predicted molar refractivity (Wildman–Crippen MR) is 50.5 cm³/mol. The van der Waals surface area contributed by atoms with Crippen LogP contribution in [-0.4, -0.2) is 22.6 Å². The van der Waals surface area contributed by atoms with Gasteiger partial charge in [0.2, 0.25) is 0 Å². The van der Waals surface area contributed by atoms with Crippen LogP contribution in [0.2, 0.25) is 0 Å². The van der Waals surface area contributed by atoms with Crippen LogP contribution >= 0.6 is 23.5 Å². The lowest BCUT2D eigenvalue weighted by Gasteiger charge is -2.17. The summed E-state index contributed by atoms with van der Waals surface area (Å²) in [5.74, 6) is 0. The molecule has 0 radical (unpaired) electrons. The van der Waals surface area contributed by atoms with Crippen LogP contribution in [0.25, 0.3) is 0 Å². The van der Waals surface area contributed by atoms with Crippen molar-refractivity contribution in [3.8, 4) is 0 Å². The van der Waals surface area contributed by atoms with Crippen LogP contribution in [-0.2, 0) is 0 Å². The number of alkyl halides is 1. The summed E-state index contributed by atoms with van der Waals surface area (Å²) in [4.78, 5) is 0. The average Bonchev–Trinajstić information content (AvgIpc) is 1.90. The quantitative estimate of drug-likeness (QED) is 0.458. The molecule has 0 spiro atoms. The fraction of sp³-hybridized carbons (Fsp3) is 1.00. The van der Waals surface area contributed by atoms with Crippen LogP contribution in [0.4, 0.5) is 0 Å². The summed E-state index contributed by atoms with van der Waals surface area (Å²) >= 11 is 7.31. The molecule has 0 bridgehead atoms. The van der Waals surface area contributed by atoms with Crippen molar-refractivity contribution in [2.45, 2.75) is 26.7 Å². The van der Waals surface area contributed by atoms with Crippen LogP contribution in [0.3, 0.4) is 0 Å². The van der Waals surface area contributed by atoms with Crippen molar-refractivity contribution in [1.82, 2.24) is 4.31 Å². The number of rotatable bonds is 6. The van der Waals surface area contributed by atoms with E-state index in [1.807, 2.05) is 0 Å². The first-order chi connectivity index (χ1) is 4.85. The van der Waals surface area contributed by atoms with Gasteiger partial charge in [-0.3, -0.25) is 0 Å². The number of halogens is 1. The van der Waals surface area contributed by atoms with Crippen LogP contribution in [0.15, 0.2) is 0 Å². The van der Waals surface area contributed by atoms with E-state index in [-0.39, 0.29) is 0 Å². The van der Waals surface area contributed by atoms with Crippen molar-refractivity contribution in [3.63, 3.8) is 0 Å². The molecule has 0 aliphatic heterocycles. The highest BCUT2D eigenvalue weighted by Gasteiger charge is 1.99. The van der Waals surface area contributed by atoms with E-state index in [4.69, 9.17) is 11.6 Å². The first-order valence-corrected chi connectivity index (χ1v) is 5.26. The van der Waals surface area contributed by atoms with Gasteiger partial charge in [0.1, 0.15) is 0 Å². The number of hydrogen-bond donors (Lipinski definition) is 0. The van der Waals surface area contributed by atoms with Gasteiger partial charge in [0.15, 0.2) is 0 Å². The topological polar surface area (TPSA) is 3.24 Å². The second kappa shape index (κ2) is 7.70. The van der Waals surface area contributed by atoms with Gasteiger partial charge in [0.05, 0.1) is 5.21 Å². The molecule has 0 rings (SSSR count). The van der Waals surface area contributed by atoms with E-state index in [1.54, 1.807) is 11.9 Å². The summed E-state index contributed by atoms with van der Waals surface area (Å²) in [6, 6.07) is 0. The van der Waals surface area contributed by atoms with Gasteiger partial charge in [0, 0.05) is 13.1 Å². The number of nitrogens with zero attached hydrogens (tertiary/aromatic N) is 1. The summed E-state index contributed by atoms with van der Waals surface area (Å²) < 4.78 is 2.33. The maximum absolute atomic E-state index is 5.59. The molecule has 0 aliphatic carbocycles. The molecule has 0 aromatic carbocycles. The van der Waals surface area contributed by atoms with Crippen molar-refractivity contribution in [3.05, 3.63) is 0 Å². The predicted octanol–water partition coefficient (Wildman–Crippen LogP) is 2.95. The van der Waals surface area contributed by atoms with E-state index >= 15 is 0 Å². The van der Waals surface area contributed by atoms with Crippen molar-refractivity contribution >= 4 is 23.5 Å². The summed E-state index contributed by atoms with van der Waals surface area (Å²) in [6.45, 7) is 6.70. The van der Waals surface area contributed by atoms with E-state index < -0.39 is 0 Å². The van der Waals surface area contributed by atoms with Gasteiger partial charge in [-0.15, -0.1) is 11.6 Å². The van der Waals surface area contributed by atoms with E-state index in [1.165, 1.54) is 12.8 Å². The lowest BCUT2D eigenvalue weighted by atomic mass is 10.4. The molecule has 0 atom stereocenters. The minimum absolute atomic E-state index is 0.681. The monoisotopic (exact) mass is 181 g/mol. The Morgan fingerprint density at radius 2 is 1.70 bits per heavy atom. The Morgan fingerprint density at radius 1 is 1.20 bits per heavy atom. The highest BCUT2D eigenvalue weighted by Crippen LogP contribution is 2.11. The van der Waals surface area contributed by atoms with Crippen LogP contribution in [0.1, 0.15) is 26.7 Å². The summed E-state index contributed by atoms with van der Waals surface area (Å²) in [7, 11) is 0. The first kappa shape index (κ1) is 10.6. The molecule has 0 fully saturated rings. The molecular weight excluding hydrogens is 166 g/mol. The largest absolute Gasteiger partial charge is 0.250 e. The zero-order chi connectivity index (χ0) is 7.82. The molecule has 0 heterocycles. The van der Waals surface area contributed by atoms with E-state index in [0.717, 1.165) is 13.1 Å². The van der Waals surface area contributed by atoms with Gasteiger partial charge < -0.3 is 0 Å². The maximum atomic E-state index is 5.59. The molecule has 0 aliphatic rings. The smallest absolute Gasteiger partial charge is 0.0827 e. The normalized spacial score (nSPS) is 10.8. The van der Waals surface area contributed by atoms with Gasteiger partial charge >= 0.3 is 0 Å². The summed E-state index contributed by atoms with van der Waals surface area (Å²) in [6.07, 6.45) is 2.42. The lowest BCUT2D eigenvalue weighted by molar-refractivity contribution is 0.468. The molecule has 0 saturated carbocycles.